The molecule has 20 heavy (non-hydrogen) atoms. The Balaban J connectivity index is 2.22. The molecule has 1 aromatic carbocycles. The summed E-state index contributed by atoms with van der Waals surface area (Å²) < 4.78 is 6.46. The fourth-order valence-corrected chi connectivity index (χ4v) is 2.64. The Morgan fingerprint density at radius 2 is 2.15 bits per heavy atom. The molecule has 2 N–H and O–H groups in total. The first-order valence-corrected chi connectivity index (χ1v) is 7.07. The van der Waals surface area contributed by atoms with Crippen molar-refractivity contribution in [2.24, 2.45) is 5.73 Å². The van der Waals surface area contributed by atoms with Crippen LogP contribution in [0.3, 0.4) is 0 Å². The van der Waals surface area contributed by atoms with Crippen molar-refractivity contribution in [1.29, 1.82) is 0 Å². The minimum absolute atomic E-state index is 0.381. The van der Waals surface area contributed by atoms with Crippen LogP contribution in [0.5, 0.6) is 0 Å². The monoisotopic (exact) mass is 336 g/mol. The number of rotatable bonds is 5. The van der Waals surface area contributed by atoms with Crippen LogP contribution < -0.4 is 5.73 Å². The Kier molecular flexibility index (Phi) is 4.62. The number of amides is 1. The molecule has 1 aromatic heterocycles. The molecule has 0 aliphatic heterocycles. The highest BCUT2D eigenvalue weighted by atomic mass is 79.9. The maximum Gasteiger partial charge on any atom is 0.239 e. The average molecular weight is 337 g/mol. The number of aryl methyl sites for hydroxylation is 1. The number of nitrogens with two attached hydrogens (primary N) is 1. The van der Waals surface area contributed by atoms with Crippen LogP contribution in [0.25, 0.3) is 0 Å². The molecule has 0 radical (unpaired) electrons. The van der Waals surface area contributed by atoms with Gasteiger partial charge in [-0.05, 0) is 43.8 Å². The predicted molar refractivity (Wildman–Crippen MR) is 81.0 cm³/mol. The minimum atomic E-state index is -0.488. The second-order valence-corrected chi connectivity index (χ2v) is 5.70. The maximum absolute atomic E-state index is 11.8. The Labute approximate surface area is 126 Å². The summed E-state index contributed by atoms with van der Waals surface area (Å²) in [5.41, 5.74) is 6.41. The Morgan fingerprint density at radius 1 is 1.40 bits per heavy atom. The number of hydrogen-bond acceptors (Lipinski definition) is 3. The molecule has 1 atom stereocenters. The zero-order chi connectivity index (χ0) is 14.7. The van der Waals surface area contributed by atoms with E-state index >= 15 is 0 Å². The van der Waals surface area contributed by atoms with Gasteiger partial charge in [0.05, 0.1) is 6.54 Å². The van der Waals surface area contributed by atoms with Gasteiger partial charge in [-0.15, -0.1) is 0 Å². The second-order valence-electron chi connectivity index (χ2n) is 4.79. The molecule has 0 fully saturated rings. The summed E-state index contributed by atoms with van der Waals surface area (Å²) >= 11 is 3.41. The van der Waals surface area contributed by atoms with Crippen molar-refractivity contribution >= 4 is 21.8 Å². The number of carbonyl (C=O) groups excluding carboxylic acids is 1. The van der Waals surface area contributed by atoms with E-state index in [1.165, 1.54) is 0 Å². The van der Waals surface area contributed by atoms with E-state index in [2.05, 4.69) is 15.9 Å². The third kappa shape index (κ3) is 3.49. The van der Waals surface area contributed by atoms with Gasteiger partial charge in [0.2, 0.25) is 5.91 Å². The molecule has 106 valence electrons. The first-order valence-electron chi connectivity index (χ1n) is 6.27. The Hall–Kier alpha value is -1.59. The first kappa shape index (κ1) is 14.8. The van der Waals surface area contributed by atoms with Gasteiger partial charge in [0.15, 0.2) is 0 Å². The van der Waals surface area contributed by atoms with Crippen molar-refractivity contribution in [2.75, 3.05) is 7.05 Å². The topological polar surface area (TPSA) is 59.5 Å². The van der Waals surface area contributed by atoms with Gasteiger partial charge in [0, 0.05) is 4.47 Å². The molecule has 0 saturated carbocycles. The number of likely N-dealkylation sites (N-methyl/N-ethyl adjacent to an activating group) is 1. The smallest absolute Gasteiger partial charge is 0.239 e. The molecule has 0 aliphatic rings. The minimum Gasteiger partial charge on any atom is -0.465 e. The van der Waals surface area contributed by atoms with Crippen molar-refractivity contribution in [3.05, 3.63) is 58.0 Å². The third-order valence-electron chi connectivity index (χ3n) is 3.08. The normalized spacial score (nSPS) is 12.6. The van der Waals surface area contributed by atoms with E-state index in [9.17, 15) is 4.79 Å². The summed E-state index contributed by atoms with van der Waals surface area (Å²) in [6.45, 7) is 2.41. The largest absolute Gasteiger partial charge is 0.465 e. The van der Waals surface area contributed by atoms with Crippen molar-refractivity contribution < 1.29 is 9.21 Å². The van der Waals surface area contributed by atoms with Crippen LogP contribution in [-0.2, 0) is 11.3 Å². The van der Waals surface area contributed by atoms with Crippen LogP contribution in [-0.4, -0.2) is 17.9 Å². The number of carbonyl (C=O) groups is 1. The van der Waals surface area contributed by atoms with Gasteiger partial charge >= 0.3 is 0 Å². The van der Waals surface area contributed by atoms with Crippen LogP contribution in [0.15, 0.2) is 45.3 Å². The van der Waals surface area contributed by atoms with Crippen LogP contribution >= 0.6 is 15.9 Å². The molecule has 2 rings (SSSR count). The molecular formula is C15H17BrN2O2. The summed E-state index contributed by atoms with van der Waals surface area (Å²) in [6.07, 6.45) is 0. The quantitative estimate of drug-likeness (QED) is 0.912. The zero-order valence-electron chi connectivity index (χ0n) is 11.5. The van der Waals surface area contributed by atoms with E-state index in [0.29, 0.717) is 6.54 Å². The van der Waals surface area contributed by atoms with Gasteiger partial charge < -0.3 is 10.2 Å². The molecule has 4 nitrogen and oxygen atoms in total. The van der Waals surface area contributed by atoms with Crippen LogP contribution in [0.2, 0.25) is 0 Å². The number of hydrogen-bond donors (Lipinski definition) is 1. The van der Waals surface area contributed by atoms with Gasteiger partial charge in [-0.25, -0.2) is 0 Å². The number of halogens is 1. The molecule has 0 saturated heterocycles. The van der Waals surface area contributed by atoms with Crippen LogP contribution in [0.4, 0.5) is 0 Å². The maximum atomic E-state index is 11.8. The van der Waals surface area contributed by atoms with E-state index in [0.717, 1.165) is 21.6 Å². The molecule has 0 unspecified atom stereocenters. The first-order chi connectivity index (χ1) is 9.47. The zero-order valence-corrected chi connectivity index (χ0v) is 13.1. The fourth-order valence-electron chi connectivity index (χ4n) is 2.22. The number of benzene rings is 1. The van der Waals surface area contributed by atoms with Gasteiger partial charge in [-0.1, -0.05) is 28.1 Å². The number of furan rings is 1. The number of primary amides is 1. The highest BCUT2D eigenvalue weighted by Crippen LogP contribution is 2.24. The molecule has 1 heterocycles. The Bertz CT molecular complexity index is 609. The SMILES string of the molecule is Cc1ccc(CN(C)[C@@H](C(N)=O)c2cccc(Br)c2)o1. The van der Waals surface area contributed by atoms with Crippen molar-refractivity contribution in [2.45, 2.75) is 19.5 Å². The third-order valence-corrected chi connectivity index (χ3v) is 3.57. The van der Waals surface area contributed by atoms with Crippen LogP contribution in [0.1, 0.15) is 23.1 Å². The summed E-state index contributed by atoms with van der Waals surface area (Å²) in [5, 5.41) is 0. The highest BCUT2D eigenvalue weighted by molar-refractivity contribution is 9.10. The highest BCUT2D eigenvalue weighted by Gasteiger charge is 2.23. The van der Waals surface area contributed by atoms with Crippen molar-refractivity contribution in [1.82, 2.24) is 4.90 Å². The van der Waals surface area contributed by atoms with E-state index in [4.69, 9.17) is 10.2 Å². The standard InChI is InChI=1S/C15H17BrN2O2/c1-10-6-7-13(20-10)9-18(2)14(15(17)19)11-4-3-5-12(16)8-11/h3-8,14H,9H2,1-2H3,(H2,17,19)/t14-/m1/s1. The van der Waals surface area contributed by atoms with Crippen molar-refractivity contribution in [3.63, 3.8) is 0 Å². The summed E-state index contributed by atoms with van der Waals surface area (Å²) in [6, 6.07) is 10.9. The lowest BCUT2D eigenvalue weighted by Crippen LogP contribution is -2.34. The molecular weight excluding hydrogens is 320 g/mol. The van der Waals surface area contributed by atoms with E-state index in [1.807, 2.05) is 55.3 Å². The van der Waals surface area contributed by atoms with E-state index in [1.54, 1.807) is 0 Å². The molecule has 0 bridgehead atoms. The Morgan fingerprint density at radius 3 is 2.70 bits per heavy atom. The van der Waals surface area contributed by atoms with Gasteiger partial charge in [0.25, 0.3) is 0 Å². The van der Waals surface area contributed by atoms with Crippen molar-refractivity contribution in [3.8, 4) is 0 Å². The number of nitrogens with zero attached hydrogens (tertiary/aromatic N) is 1. The molecule has 0 spiro atoms. The summed E-state index contributed by atoms with van der Waals surface area (Å²) in [4.78, 5) is 13.7. The van der Waals surface area contributed by atoms with Gasteiger partial charge in [-0.2, -0.15) is 0 Å². The molecule has 0 aliphatic carbocycles. The summed E-state index contributed by atoms with van der Waals surface area (Å²) in [5.74, 6) is 1.28. The molecule has 2 aromatic rings. The van der Waals surface area contributed by atoms with Gasteiger partial charge in [0.1, 0.15) is 17.6 Å². The molecule has 1 amide bonds. The lowest BCUT2D eigenvalue weighted by Gasteiger charge is -2.25. The lowest BCUT2D eigenvalue weighted by molar-refractivity contribution is -0.123. The predicted octanol–water partition coefficient (Wildman–Crippen LogP) is 3.01. The molecule has 5 heteroatoms. The average Bonchev–Trinajstić information content (AvgIpc) is 2.74. The second kappa shape index (κ2) is 6.24. The van der Waals surface area contributed by atoms with E-state index < -0.39 is 6.04 Å². The lowest BCUT2D eigenvalue weighted by atomic mass is 10.1. The summed E-state index contributed by atoms with van der Waals surface area (Å²) in [7, 11) is 1.86. The van der Waals surface area contributed by atoms with E-state index in [-0.39, 0.29) is 5.91 Å². The van der Waals surface area contributed by atoms with Gasteiger partial charge in [-0.3, -0.25) is 9.69 Å². The fraction of sp³-hybridized carbons (Fsp3) is 0.267. The van der Waals surface area contributed by atoms with Crippen LogP contribution in [0, 0.1) is 6.92 Å².